The lowest BCUT2D eigenvalue weighted by Crippen LogP contribution is -2.33. The molecule has 1 amide bonds. The molecule has 186 valence electrons. The number of hydrogen-bond donors (Lipinski definition) is 2. The number of sulfonamides is 1. The zero-order valence-corrected chi connectivity index (χ0v) is 21.6. The number of para-hydroxylation sites is 1. The standard InChI is InChI=1S/C24H35N5O4S/c1-15(2)25-23(30)33-18-11-10-16(12-18)20-13-21(29(27-20)24(3,4)5)26-19-9-7-8-17-14-34(31,32)28(6)22(17)19/h7-9,13,15-16,18,26H,10-12,14H2,1-6H3,(H,25,30)/t16-,18?/m0/s1. The van der Waals surface area contributed by atoms with Crippen LogP contribution in [0.5, 0.6) is 0 Å². The van der Waals surface area contributed by atoms with E-state index in [1.54, 1.807) is 7.05 Å². The van der Waals surface area contributed by atoms with Crippen LogP contribution in [0.15, 0.2) is 24.3 Å². The largest absolute Gasteiger partial charge is 0.446 e. The van der Waals surface area contributed by atoms with E-state index in [2.05, 4.69) is 31.4 Å². The van der Waals surface area contributed by atoms with E-state index in [0.29, 0.717) is 5.69 Å². The number of fused-ring (bicyclic) bond motifs is 1. The van der Waals surface area contributed by atoms with Gasteiger partial charge in [-0.25, -0.2) is 17.9 Å². The highest BCUT2D eigenvalue weighted by atomic mass is 32.2. The van der Waals surface area contributed by atoms with Crippen molar-refractivity contribution in [2.24, 2.45) is 0 Å². The lowest BCUT2D eigenvalue weighted by Gasteiger charge is -2.24. The number of alkyl carbamates (subject to hydrolysis) is 1. The van der Waals surface area contributed by atoms with E-state index in [1.165, 1.54) is 4.31 Å². The van der Waals surface area contributed by atoms with Gasteiger partial charge in [-0.05, 0) is 65.5 Å². The molecule has 0 spiro atoms. The molecule has 10 heteroatoms. The van der Waals surface area contributed by atoms with E-state index in [0.717, 1.165) is 42.0 Å². The first-order chi connectivity index (χ1) is 15.8. The van der Waals surface area contributed by atoms with E-state index >= 15 is 0 Å². The molecule has 2 heterocycles. The summed E-state index contributed by atoms with van der Waals surface area (Å²) in [6, 6.07) is 7.68. The SMILES string of the molecule is CC(C)NC(=O)OC1CC[C@H](c2cc(Nc3cccc4c3N(C)S(=O)(=O)C4)n(C(C)(C)C)n2)C1. The van der Waals surface area contributed by atoms with Crippen molar-refractivity contribution in [3.05, 3.63) is 35.5 Å². The Labute approximate surface area is 201 Å². The Morgan fingerprint density at radius 2 is 1.97 bits per heavy atom. The molecule has 1 aliphatic carbocycles. The van der Waals surface area contributed by atoms with E-state index in [9.17, 15) is 13.2 Å². The first-order valence-corrected chi connectivity index (χ1v) is 13.4. The number of nitrogens with one attached hydrogen (secondary N) is 2. The summed E-state index contributed by atoms with van der Waals surface area (Å²) < 4.78 is 33.8. The van der Waals surface area contributed by atoms with Gasteiger partial charge in [-0.2, -0.15) is 5.10 Å². The van der Waals surface area contributed by atoms with Crippen molar-refractivity contribution in [1.82, 2.24) is 15.1 Å². The Kier molecular flexibility index (Phi) is 6.30. The Hall–Kier alpha value is -2.75. The third kappa shape index (κ3) is 4.87. The average Bonchev–Trinajstić information content (AvgIpc) is 3.38. The Morgan fingerprint density at radius 1 is 1.24 bits per heavy atom. The summed E-state index contributed by atoms with van der Waals surface area (Å²) in [6.45, 7) is 10.1. The first kappa shape index (κ1) is 24.4. The van der Waals surface area contributed by atoms with Crippen LogP contribution < -0.4 is 14.9 Å². The zero-order chi connectivity index (χ0) is 24.8. The van der Waals surface area contributed by atoms with E-state index in [4.69, 9.17) is 9.84 Å². The summed E-state index contributed by atoms with van der Waals surface area (Å²) in [4.78, 5) is 12.0. The predicted octanol–water partition coefficient (Wildman–Crippen LogP) is 4.43. The highest BCUT2D eigenvalue weighted by Gasteiger charge is 2.34. The van der Waals surface area contributed by atoms with Crippen LogP contribution in [0.2, 0.25) is 0 Å². The second kappa shape index (κ2) is 8.79. The number of ether oxygens (including phenoxy) is 1. The molecule has 2 atom stereocenters. The van der Waals surface area contributed by atoms with Crippen LogP contribution in [0, 0.1) is 0 Å². The van der Waals surface area contributed by atoms with Crippen LogP contribution in [-0.2, 0) is 26.1 Å². The smallest absolute Gasteiger partial charge is 0.407 e. The minimum Gasteiger partial charge on any atom is -0.446 e. The van der Waals surface area contributed by atoms with Crippen molar-refractivity contribution in [2.45, 2.75) is 83.2 Å². The first-order valence-electron chi connectivity index (χ1n) is 11.8. The third-order valence-corrected chi connectivity index (χ3v) is 7.99. The lowest BCUT2D eigenvalue weighted by molar-refractivity contribution is 0.0981. The molecule has 1 aliphatic heterocycles. The van der Waals surface area contributed by atoms with Crippen LogP contribution >= 0.6 is 0 Å². The molecular weight excluding hydrogens is 454 g/mol. The minimum absolute atomic E-state index is 0.00594. The maximum Gasteiger partial charge on any atom is 0.407 e. The van der Waals surface area contributed by atoms with Crippen molar-refractivity contribution in [1.29, 1.82) is 0 Å². The molecule has 0 radical (unpaired) electrons. The number of carbonyl (C=O) groups excluding carboxylic acids is 1. The van der Waals surface area contributed by atoms with Crippen molar-refractivity contribution in [2.75, 3.05) is 16.7 Å². The number of hydrogen-bond acceptors (Lipinski definition) is 6. The molecule has 1 unspecified atom stereocenters. The van der Waals surface area contributed by atoms with Crippen LogP contribution in [0.3, 0.4) is 0 Å². The number of aromatic nitrogens is 2. The highest BCUT2D eigenvalue weighted by molar-refractivity contribution is 7.92. The molecule has 0 bridgehead atoms. The van der Waals surface area contributed by atoms with Gasteiger partial charge < -0.3 is 15.4 Å². The van der Waals surface area contributed by atoms with Crippen LogP contribution in [0.25, 0.3) is 0 Å². The summed E-state index contributed by atoms with van der Waals surface area (Å²) in [5.41, 5.74) is 2.85. The van der Waals surface area contributed by atoms with Gasteiger partial charge in [0.25, 0.3) is 0 Å². The van der Waals surface area contributed by atoms with Crippen molar-refractivity contribution in [3.8, 4) is 0 Å². The molecule has 2 N–H and O–H groups in total. The van der Waals surface area contributed by atoms with Gasteiger partial charge in [0, 0.05) is 25.1 Å². The average molecular weight is 490 g/mol. The molecule has 1 aromatic heterocycles. The van der Waals surface area contributed by atoms with Crippen LogP contribution in [0.4, 0.5) is 22.0 Å². The fraction of sp³-hybridized carbons (Fsp3) is 0.583. The van der Waals surface area contributed by atoms with Gasteiger partial charge >= 0.3 is 6.09 Å². The van der Waals surface area contributed by atoms with Crippen molar-refractivity contribution >= 4 is 33.3 Å². The normalized spacial score (nSPS) is 21.6. The molecule has 1 saturated carbocycles. The fourth-order valence-electron chi connectivity index (χ4n) is 4.69. The molecule has 9 nitrogen and oxygen atoms in total. The summed E-state index contributed by atoms with van der Waals surface area (Å²) in [5.74, 6) is 0.993. The molecule has 34 heavy (non-hydrogen) atoms. The van der Waals surface area contributed by atoms with Gasteiger partial charge in [0.15, 0.2) is 0 Å². The third-order valence-electron chi connectivity index (χ3n) is 6.30. The maximum atomic E-state index is 12.4. The van der Waals surface area contributed by atoms with E-state index in [1.807, 2.05) is 42.8 Å². The number of benzene rings is 1. The fourth-order valence-corrected chi connectivity index (χ4v) is 6.00. The Morgan fingerprint density at radius 3 is 2.65 bits per heavy atom. The molecular formula is C24H35N5O4S. The predicted molar refractivity (Wildman–Crippen MR) is 133 cm³/mol. The molecule has 2 aromatic rings. The van der Waals surface area contributed by atoms with Gasteiger partial charge in [-0.15, -0.1) is 0 Å². The summed E-state index contributed by atoms with van der Waals surface area (Å²) in [5, 5.41) is 11.2. The van der Waals surface area contributed by atoms with E-state index in [-0.39, 0.29) is 35.4 Å². The van der Waals surface area contributed by atoms with E-state index < -0.39 is 10.0 Å². The van der Waals surface area contributed by atoms with Gasteiger partial charge in [0.1, 0.15) is 11.9 Å². The topological polar surface area (TPSA) is 106 Å². The van der Waals surface area contributed by atoms with Gasteiger partial charge in [-0.1, -0.05) is 12.1 Å². The number of carbonyl (C=O) groups is 1. The Bertz CT molecular complexity index is 1180. The monoisotopic (exact) mass is 489 g/mol. The van der Waals surface area contributed by atoms with Crippen LogP contribution in [0.1, 0.15) is 71.1 Å². The van der Waals surface area contributed by atoms with Gasteiger partial charge in [0.05, 0.1) is 28.4 Å². The summed E-state index contributed by atoms with van der Waals surface area (Å²) in [7, 11) is -1.75. The second-order valence-corrected chi connectivity index (χ2v) is 12.5. The number of rotatable bonds is 5. The molecule has 1 aromatic carbocycles. The number of nitrogens with zero attached hydrogens (tertiary/aromatic N) is 3. The quantitative estimate of drug-likeness (QED) is 0.644. The van der Waals surface area contributed by atoms with Crippen LogP contribution in [-0.4, -0.2) is 43.5 Å². The summed E-state index contributed by atoms with van der Waals surface area (Å²) in [6.07, 6.45) is 1.92. The minimum atomic E-state index is -3.34. The summed E-state index contributed by atoms with van der Waals surface area (Å²) >= 11 is 0. The molecule has 1 fully saturated rings. The molecule has 4 rings (SSSR count). The second-order valence-electron chi connectivity index (χ2n) is 10.5. The zero-order valence-electron chi connectivity index (χ0n) is 20.8. The highest BCUT2D eigenvalue weighted by Crippen LogP contribution is 2.42. The molecule has 2 aliphatic rings. The van der Waals surface area contributed by atoms with Crippen molar-refractivity contribution in [3.63, 3.8) is 0 Å². The van der Waals surface area contributed by atoms with Crippen molar-refractivity contribution < 1.29 is 17.9 Å². The number of amides is 1. The Balaban J connectivity index is 1.58. The van der Waals surface area contributed by atoms with Gasteiger partial charge in [-0.3, -0.25) is 4.31 Å². The maximum absolute atomic E-state index is 12.4. The molecule has 0 saturated heterocycles. The van der Waals surface area contributed by atoms with Gasteiger partial charge in [0.2, 0.25) is 10.0 Å². The lowest BCUT2D eigenvalue weighted by atomic mass is 10.0. The number of anilines is 3.